The van der Waals surface area contributed by atoms with Crippen molar-refractivity contribution >= 4 is 11.5 Å². The van der Waals surface area contributed by atoms with E-state index in [0.717, 1.165) is 0 Å². The molecule has 1 aromatic heterocycles. The first-order chi connectivity index (χ1) is 8.69. The Labute approximate surface area is 103 Å². The third kappa shape index (κ3) is 2.64. The molecule has 1 aromatic carbocycles. The lowest BCUT2D eigenvalue weighted by atomic mass is 10.3. The number of nitrogens with two attached hydrogens (primary N) is 2. The van der Waals surface area contributed by atoms with Gasteiger partial charge in [-0.15, -0.1) is 0 Å². The van der Waals surface area contributed by atoms with Crippen molar-refractivity contribution in [3.63, 3.8) is 0 Å². The van der Waals surface area contributed by atoms with Crippen LogP contribution in [0.4, 0.5) is 5.69 Å². The third-order valence-corrected chi connectivity index (χ3v) is 2.09. The average Bonchev–Trinajstić information content (AvgIpc) is 2.41. The van der Waals surface area contributed by atoms with Crippen molar-refractivity contribution < 1.29 is 9.94 Å². The molecule has 0 atom stereocenters. The van der Waals surface area contributed by atoms with Gasteiger partial charge in [0, 0.05) is 5.69 Å². The summed E-state index contributed by atoms with van der Waals surface area (Å²) in [5.74, 6) is 0.671. The van der Waals surface area contributed by atoms with E-state index in [0.29, 0.717) is 11.4 Å². The molecule has 0 aliphatic rings. The van der Waals surface area contributed by atoms with E-state index in [4.69, 9.17) is 21.4 Å². The van der Waals surface area contributed by atoms with Crippen molar-refractivity contribution in [2.75, 3.05) is 5.73 Å². The second-order valence-corrected chi connectivity index (χ2v) is 3.40. The predicted octanol–water partition coefficient (Wildman–Crippen LogP) is 0.946. The first kappa shape index (κ1) is 11.6. The molecule has 0 unspecified atom stereocenters. The quantitative estimate of drug-likeness (QED) is 0.243. The summed E-state index contributed by atoms with van der Waals surface area (Å²) in [5.41, 5.74) is 11.8. The van der Waals surface area contributed by atoms with Gasteiger partial charge in [-0.25, -0.2) is 4.98 Å². The molecule has 2 aromatic rings. The summed E-state index contributed by atoms with van der Waals surface area (Å²) in [5, 5.41) is 11.4. The van der Waals surface area contributed by atoms with Crippen LogP contribution < -0.4 is 16.2 Å². The average molecular weight is 245 g/mol. The molecule has 0 bridgehead atoms. The first-order valence-electron chi connectivity index (χ1n) is 5.02. The number of nitrogen functional groups attached to an aromatic ring is 1. The summed E-state index contributed by atoms with van der Waals surface area (Å²) in [6.07, 6.45) is 2.79. The largest absolute Gasteiger partial charge is 0.437 e. The van der Waals surface area contributed by atoms with E-state index in [9.17, 15) is 0 Å². The fraction of sp³-hybridized carbons (Fsp3) is 0. The van der Waals surface area contributed by atoms with E-state index in [1.807, 2.05) is 0 Å². The van der Waals surface area contributed by atoms with E-state index in [-0.39, 0.29) is 17.4 Å². The summed E-state index contributed by atoms with van der Waals surface area (Å²) in [6.45, 7) is 0. The maximum Gasteiger partial charge on any atom is 0.238 e. The van der Waals surface area contributed by atoms with Gasteiger partial charge >= 0.3 is 0 Å². The molecular formula is C11H11N5O2. The van der Waals surface area contributed by atoms with Crippen LogP contribution in [-0.2, 0) is 0 Å². The number of hydrogen-bond donors (Lipinski definition) is 3. The molecule has 92 valence electrons. The highest BCUT2D eigenvalue weighted by Gasteiger charge is 2.05. The second kappa shape index (κ2) is 5.00. The molecule has 0 fully saturated rings. The van der Waals surface area contributed by atoms with E-state index < -0.39 is 0 Å². The summed E-state index contributed by atoms with van der Waals surface area (Å²) in [7, 11) is 0. The molecule has 7 heteroatoms. The zero-order valence-corrected chi connectivity index (χ0v) is 9.32. The van der Waals surface area contributed by atoms with Gasteiger partial charge in [0.2, 0.25) is 5.88 Å². The van der Waals surface area contributed by atoms with E-state index in [1.165, 1.54) is 12.4 Å². The van der Waals surface area contributed by atoms with Crippen molar-refractivity contribution in [1.82, 2.24) is 9.97 Å². The number of amidine groups is 1. The van der Waals surface area contributed by atoms with E-state index in [2.05, 4.69) is 15.1 Å². The molecule has 2 rings (SSSR count). The van der Waals surface area contributed by atoms with Crippen LogP contribution in [0.3, 0.4) is 0 Å². The van der Waals surface area contributed by atoms with Crippen LogP contribution in [0.25, 0.3) is 0 Å². The lowest BCUT2D eigenvalue weighted by Gasteiger charge is -2.05. The monoisotopic (exact) mass is 245 g/mol. The lowest BCUT2D eigenvalue weighted by Crippen LogP contribution is -2.15. The molecular weight excluding hydrogens is 234 g/mol. The number of benzene rings is 1. The zero-order chi connectivity index (χ0) is 13.0. The fourth-order valence-electron chi connectivity index (χ4n) is 1.23. The van der Waals surface area contributed by atoms with Crippen molar-refractivity contribution in [1.29, 1.82) is 0 Å². The van der Waals surface area contributed by atoms with Gasteiger partial charge in [-0.1, -0.05) is 5.16 Å². The number of anilines is 1. The minimum absolute atomic E-state index is 0.134. The number of hydrogen-bond acceptors (Lipinski definition) is 6. The Morgan fingerprint density at radius 1 is 1.22 bits per heavy atom. The Morgan fingerprint density at radius 2 is 1.94 bits per heavy atom. The maximum atomic E-state index is 8.54. The SMILES string of the molecule is N/C(=N\O)c1cncc(Oc2ccc(N)cc2)n1. The summed E-state index contributed by atoms with van der Waals surface area (Å²) >= 11 is 0. The van der Waals surface area contributed by atoms with Crippen molar-refractivity contribution in [3.05, 3.63) is 42.4 Å². The van der Waals surface area contributed by atoms with Crippen molar-refractivity contribution in [2.45, 2.75) is 0 Å². The predicted molar refractivity (Wildman–Crippen MR) is 65.5 cm³/mol. The van der Waals surface area contributed by atoms with Crippen LogP contribution in [0.5, 0.6) is 11.6 Å². The molecule has 0 aliphatic carbocycles. The topological polar surface area (TPSA) is 120 Å². The maximum absolute atomic E-state index is 8.54. The molecule has 7 nitrogen and oxygen atoms in total. The number of nitrogens with zero attached hydrogens (tertiary/aromatic N) is 3. The number of aromatic nitrogens is 2. The molecule has 5 N–H and O–H groups in total. The minimum Gasteiger partial charge on any atom is -0.437 e. The van der Waals surface area contributed by atoms with Gasteiger partial charge in [0.05, 0.1) is 12.4 Å². The lowest BCUT2D eigenvalue weighted by molar-refractivity contribution is 0.318. The van der Waals surface area contributed by atoms with Crippen LogP contribution in [0, 0.1) is 0 Å². The smallest absolute Gasteiger partial charge is 0.238 e. The van der Waals surface area contributed by atoms with Crippen LogP contribution >= 0.6 is 0 Å². The van der Waals surface area contributed by atoms with Crippen LogP contribution in [0.1, 0.15) is 5.69 Å². The van der Waals surface area contributed by atoms with Gasteiger partial charge in [0.1, 0.15) is 11.4 Å². The summed E-state index contributed by atoms with van der Waals surface area (Å²) in [4.78, 5) is 7.91. The van der Waals surface area contributed by atoms with E-state index in [1.54, 1.807) is 24.3 Å². The standard InChI is InChI=1S/C11H11N5O2/c12-7-1-3-8(4-2-7)18-10-6-14-5-9(15-10)11(13)16-17/h1-6,17H,12H2,(H2,13,16). The Hall–Kier alpha value is -2.83. The van der Waals surface area contributed by atoms with Crippen molar-refractivity contribution in [2.24, 2.45) is 10.9 Å². The normalized spacial score (nSPS) is 11.2. The molecule has 18 heavy (non-hydrogen) atoms. The van der Waals surface area contributed by atoms with Gasteiger partial charge in [0.15, 0.2) is 5.84 Å². The highest BCUT2D eigenvalue weighted by Crippen LogP contribution is 2.19. The van der Waals surface area contributed by atoms with Gasteiger partial charge in [0.25, 0.3) is 0 Å². The van der Waals surface area contributed by atoms with Crippen LogP contribution in [0.15, 0.2) is 41.8 Å². The van der Waals surface area contributed by atoms with E-state index >= 15 is 0 Å². The molecule has 0 aliphatic heterocycles. The Morgan fingerprint density at radius 3 is 2.61 bits per heavy atom. The van der Waals surface area contributed by atoms with Gasteiger partial charge in [-0.3, -0.25) is 4.98 Å². The Bertz CT molecular complexity index is 568. The van der Waals surface area contributed by atoms with Gasteiger partial charge in [-0.2, -0.15) is 0 Å². The number of rotatable bonds is 3. The number of oxime groups is 1. The van der Waals surface area contributed by atoms with Gasteiger partial charge in [-0.05, 0) is 24.3 Å². The van der Waals surface area contributed by atoms with Crippen molar-refractivity contribution in [3.8, 4) is 11.6 Å². The molecule has 0 saturated carbocycles. The first-order valence-corrected chi connectivity index (χ1v) is 5.02. The molecule has 0 spiro atoms. The van der Waals surface area contributed by atoms with Gasteiger partial charge < -0.3 is 21.4 Å². The number of ether oxygens (including phenoxy) is 1. The highest BCUT2D eigenvalue weighted by atomic mass is 16.5. The minimum atomic E-state index is -0.134. The Balaban J connectivity index is 2.22. The van der Waals surface area contributed by atoms with Crippen LogP contribution in [-0.4, -0.2) is 21.0 Å². The molecule has 0 amide bonds. The fourth-order valence-corrected chi connectivity index (χ4v) is 1.23. The third-order valence-electron chi connectivity index (χ3n) is 2.09. The zero-order valence-electron chi connectivity index (χ0n) is 9.32. The molecule has 1 heterocycles. The summed E-state index contributed by atoms with van der Waals surface area (Å²) < 4.78 is 5.45. The second-order valence-electron chi connectivity index (χ2n) is 3.40. The van der Waals surface area contributed by atoms with Crippen LogP contribution in [0.2, 0.25) is 0 Å². The highest BCUT2D eigenvalue weighted by molar-refractivity contribution is 5.94. The Kier molecular flexibility index (Phi) is 3.24. The summed E-state index contributed by atoms with van der Waals surface area (Å²) in [6, 6.07) is 6.81. The molecule has 0 radical (unpaired) electrons. The molecule has 0 saturated heterocycles.